The van der Waals surface area contributed by atoms with Crippen molar-refractivity contribution in [1.29, 1.82) is 0 Å². The normalized spacial score (nSPS) is 10.7. The Labute approximate surface area is 114 Å². The molecular weight excluding hydrogens is 321 g/mol. The summed E-state index contributed by atoms with van der Waals surface area (Å²) in [4.78, 5) is 4.12. The van der Waals surface area contributed by atoms with Crippen LogP contribution in [0.2, 0.25) is 0 Å². The predicted molar refractivity (Wildman–Crippen MR) is 82.3 cm³/mol. The van der Waals surface area contributed by atoms with Crippen LogP contribution in [-0.4, -0.2) is 31.1 Å². The minimum atomic E-state index is 0. The lowest BCUT2D eigenvalue weighted by Gasteiger charge is -2.04. The minimum Gasteiger partial charge on any atom is -0.370 e. The quantitative estimate of drug-likeness (QED) is 0.245. The topological polar surface area (TPSA) is 50.4 Å². The van der Waals surface area contributed by atoms with Crippen molar-refractivity contribution in [2.45, 2.75) is 19.8 Å². The second kappa shape index (κ2) is 12.2. The van der Waals surface area contributed by atoms with Crippen LogP contribution in [0.25, 0.3) is 0 Å². The number of rotatable bonds is 7. The molecule has 0 aromatic carbocycles. The van der Waals surface area contributed by atoms with E-state index in [0.717, 1.165) is 18.5 Å². The summed E-state index contributed by atoms with van der Waals surface area (Å²) >= 11 is 1.87. The molecule has 0 rings (SSSR count). The van der Waals surface area contributed by atoms with Gasteiger partial charge in [-0.25, -0.2) is 4.99 Å². The fourth-order valence-corrected chi connectivity index (χ4v) is 1.36. The van der Waals surface area contributed by atoms with Crippen LogP contribution >= 0.6 is 35.7 Å². The molecule has 0 aromatic rings. The summed E-state index contributed by atoms with van der Waals surface area (Å²) in [6, 6.07) is 0. The van der Waals surface area contributed by atoms with E-state index in [1.165, 1.54) is 12.2 Å². The standard InChI is InChI=1S/C10H21N3S.HI/c1-9(2)8-13-10(11)12-6-4-5-7-14-3;/h1,4-8H2,2-3H3,(H3,11,12,13);1H. The van der Waals surface area contributed by atoms with Crippen LogP contribution in [0.1, 0.15) is 19.8 Å². The third kappa shape index (κ3) is 14.1. The number of nitrogens with one attached hydrogen (secondary N) is 1. The lowest BCUT2D eigenvalue weighted by Crippen LogP contribution is -2.32. The van der Waals surface area contributed by atoms with E-state index in [2.05, 4.69) is 23.1 Å². The smallest absolute Gasteiger partial charge is 0.188 e. The van der Waals surface area contributed by atoms with Crippen LogP contribution in [0, 0.1) is 0 Å². The molecule has 0 spiro atoms. The van der Waals surface area contributed by atoms with Crippen LogP contribution < -0.4 is 11.1 Å². The Kier molecular flexibility index (Phi) is 14.2. The van der Waals surface area contributed by atoms with Gasteiger partial charge in [0.15, 0.2) is 5.96 Å². The first-order chi connectivity index (χ1) is 6.66. The van der Waals surface area contributed by atoms with Crippen LogP contribution in [0.3, 0.4) is 0 Å². The highest BCUT2D eigenvalue weighted by Crippen LogP contribution is 1.97. The number of nitrogens with two attached hydrogens (primary N) is 1. The first-order valence-corrected chi connectivity index (χ1v) is 6.23. The Hall–Kier alpha value is 0.0900. The fraction of sp³-hybridized carbons (Fsp3) is 0.700. The van der Waals surface area contributed by atoms with Gasteiger partial charge in [0.25, 0.3) is 0 Å². The Balaban J connectivity index is 0. The highest BCUT2D eigenvalue weighted by molar-refractivity contribution is 14.0. The Morgan fingerprint density at radius 1 is 1.47 bits per heavy atom. The number of unbranched alkanes of at least 4 members (excludes halogenated alkanes) is 1. The number of guanidine groups is 1. The number of hydrogen-bond acceptors (Lipinski definition) is 2. The Morgan fingerprint density at radius 2 is 2.13 bits per heavy atom. The molecule has 0 fully saturated rings. The summed E-state index contributed by atoms with van der Waals surface area (Å²) in [7, 11) is 0. The number of hydrogen-bond donors (Lipinski definition) is 2. The molecule has 0 aliphatic heterocycles. The molecule has 0 aliphatic carbocycles. The molecule has 3 nitrogen and oxygen atoms in total. The molecule has 15 heavy (non-hydrogen) atoms. The van der Waals surface area contributed by atoms with Gasteiger partial charge in [-0.1, -0.05) is 12.2 Å². The van der Waals surface area contributed by atoms with Crippen molar-refractivity contribution < 1.29 is 0 Å². The molecule has 0 saturated carbocycles. The molecule has 0 atom stereocenters. The van der Waals surface area contributed by atoms with Gasteiger partial charge >= 0.3 is 0 Å². The van der Waals surface area contributed by atoms with Crippen LogP contribution in [0.5, 0.6) is 0 Å². The average Bonchev–Trinajstić information content (AvgIpc) is 2.14. The zero-order valence-corrected chi connectivity index (χ0v) is 12.7. The third-order valence-corrected chi connectivity index (χ3v) is 2.30. The summed E-state index contributed by atoms with van der Waals surface area (Å²) in [5, 5.41) is 3.07. The summed E-state index contributed by atoms with van der Waals surface area (Å²) in [5.74, 6) is 1.74. The van der Waals surface area contributed by atoms with Gasteiger partial charge in [0.1, 0.15) is 0 Å². The van der Waals surface area contributed by atoms with Crippen LogP contribution in [0.4, 0.5) is 0 Å². The van der Waals surface area contributed by atoms with E-state index in [1.54, 1.807) is 0 Å². The summed E-state index contributed by atoms with van der Waals surface area (Å²) in [6.07, 6.45) is 4.49. The molecule has 0 amide bonds. The van der Waals surface area contributed by atoms with Crippen molar-refractivity contribution in [3.8, 4) is 0 Å². The van der Waals surface area contributed by atoms with E-state index < -0.39 is 0 Å². The molecule has 0 bridgehead atoms. The maximum absolute atomic E-state index is 5.63. The summed E-state index contributed by atoms with van der Waals surface area (Å²) < 4.78 is 0. The Morgan fingerprint density at radius 3 is 2.67 bits per heavy atom. The zero-order chi connectivity index (χ0) is 10.8. The molecule has 0 heterocycles. The monoisotopic (exact) mass is 343 g/mol. The lowest BCUT2D eigenvalue weighted by molar-refractivity contribution is 0.755. The molecule has 0 saturated heterocycles. The van der Waals surface area contributed by atoms with Crippen molar-refractivity contribution in [2.24, 2.45) is 10.7 Å². The molecule has 0 radical (unpaired) electrons. The van der Waals surface area contributed by atoms with E-state index in [-0.39, 0.29) is 24.0 Å². The second-order valence-corrected chi connectivity index (χ2v) is 4.27. The van der Waals surface area contributed by atoms with Crippen molar-refractivity contribution in [3.05, 3.63) is 12.2 Å². The highest BCUT2D eigenvalue weighted by Gasteiger charge is 1.91. The predicted octanol–water partition coefficient (Wildman–Crippen LogP) is 2.23. The second-order valence-electron chi connectivity index (χ2n) is 3.29. The van der Waals surface area contributed by atoms with E-state index in [9.17, 15) is 0 Å². The van der Waals surface area contributed by atoms with Gasteiger partial charge in [-0.3, -0.25) is 0 Å². The highest BCUT2D eigenvalue weighted by atomic mass is 127. The third-order valence-electron chi connectivity index (χ3n) is 1.60. The van der Waals surface area contributed by atoms with E-state index >= 15 is 0 Å². The molecule has 3 N–H and O–H groups in total. The molecule has 90 valence electrons. The maximum atomic E-state index is 5.63. The summed E-state index contributed by atoms with van der Waals surface area (Å²) in [5.41, 5.74) is 6.65. The molecular formula is C10H22IN3S. The average molecular weight is 343 g/mol. The van der Waals surface area contributed by atoms with Crippen LogP contribution in [-0.2, 0) is 0 Å². The molecule has 5 heteroatoms. The lowest BCUT2D eigenvalue weighted by atomic mass is 10.3. The number of nitrogens with zero attached hydrogens (tertiary/aromatic N) is 1. The maximum Gasteiger partial charge on any atom is 0.188 e. The van der Waals surface area contributed by atoms with Gasteiger partial charge < -0.3 is 11.1 Å². The summed E-state index contributed by atoms with van der Waals surface area (Å²) in [6.45, 7) is 7.22. The first kappa shape index (κ1) is 17.5. The van der Waals surface area contributed by atoms with Crippen molar-refractivity contribution in [1.82, 2.24) is 5.32 Å². The molecule has 0 aromatic heterocycles. The van der Waals surface area contributed by atoms with Crippen molar-refractivity contribution in [3.63, 3.8) is 0 Å². The fourth-order valence-electron chi connectivity index (χ4n) is 0.864. The molecule has 0 aliphatic rings. The number of thioether (sulfide) groups is 1. The van der Waals surface area contributed by atoms with Gasteiger partial charge in [-0.05, 0) is 31.8 Å². The number of halogens is 1. The van der Waals surface area contributed by atoms with Gasteiger partial charge in [-0.15, -0.1) is 24.0 Å². The minimum absolute atomic E-state index is 0. The molecule has 0 unspecified atom stereocenters. The Bertz CT molecular complexity index is 195. The van der Waals surface area contributed by atoms with Crippen molar-refractivity contribution in [2.75, 3.05) is 25.1 Å². The van der Waals surface area contributed by atoms with E-state index in [4.69, 9.17) is 5.73 Å². The van der Waals surface area contributed by atoms with E-state index in [0.29, 0.717) is 12.5 Å². The van der Waals surface area contributed by atoms with Crippen LogP contribution in [0.15, 0.2) is 17.1 Å². The van der Waals surface area contributed by atoms with Crippen molar-refractivity contribution >= 4 is 41.7 Å². The zero-order valence-electron chi connectivity index (χ0n) is 9.58. The largest absolute Gasteiger partial charge is 0.370 e. The van der Waals surface area contributed by atoms with E-state index in [1.807, 2.05) is 18.7 Å². The first-order valence-electron chi connectivity index (χ1n) is 4.84. The van der Waals surface area contributed by atoms with Gasteiger partial charge in [0.05, 0.1) is 6.54 Å². The SMILES string of the molecule is C=C(C)CN=C(N)NCCCCSC.I. The van der Waals surface area contributed by atoms with Gasteiger partial charge in [0.2, 0.25) is 0 Å². The number of aliphatic imine (C=N–C) groups is 1. The van der Waals surface area contributed by atoms with Gasteiger partial charge in [-0.2, -0.15) is 11.8 Å². The van der Waals surface area contributed by atoms with Gasteiger partial charge in [0, 0.05) is 6.54 Å².